The summed E-state index contributed by atoms with van der Waals surface area (Å²) in [5.41, 5.74) is 10.8. The van der Waals surface area contributed by atoms with Crippen molar-refractivity contribution in [2.75, 3.05) is 0 Å². The Bertz CT molecular complexity index is 575. The Kier molecular flexibility index (Phi) is 2.94. The molecule has 0 aliphatic heterocycles. The maximum atomic E-state index is 6.47. The average Bonchev–Trinajstić information content (AvgIpc) is 2.98. The van der Waals surface area contributed by atoms with Gasteiger partial charge < -0.3 is 10.7 Å². The molecule has 19 heavy (non-hydrogen) atoms. The molecule has 1 heterocycles. The molecule has 3 heteroatoms. The molecule has 1 aromatic carbocycles. The molecule has 0 spiro atoms. The number of nitrogens with one attached hydrogen (secondary N) is 1. The normalized spacial score (nSPS) is 17.8. The lowest BCUT2D eigenvalue weighted by Gasteiger charge is -2.20. The number of nitrogens with two attached hydrogens (primary N) is 1. The third kappa shape index (κ3) is 2.19. The topological polar surface area (TPSA) is 54.7 Å². The molecule has 3 nitrogen and oxygen atoms in total. The van der Waals surface area contributed by atoms with Gasteiger partial charge in [0.25, 0.3) is 0 Å². The summed E-state index contributed by atoms with van der Waals surface area (Å²) in [5, 5.41) is 0. The molecule has 100 valence electrons. The molecule has 1 saturated carbocycles. The van der Waals surface area contributed by atoms with E-state index in [2.05, 4.69) is 43.1 Å². The van der Waals surface area contributed by atoms with E-state index in [1.807, 2.05) is 0 Å². The zero-order valence-electron chi connectivity index (χ0n) is 11.7. The summed E-state index contributed by atoms with van der Waals surface area (Å²) in [5.74, 6) is 0.957. The van der Waals surface area contributed by atoms with Crippen LogP contribution in [0.1, 0.15) is 42.8 Å². The van der Waals surface area contributed by atoms with Gasteiger partial charge >= 0.3 is 0 Å². The number of rotatable bonds is 2. The maximum Gasteiger partial charge on any atom is 0.127 e. The molecule has 2 aromatic rings. The molecule has 3 rings (SSSR count). The van der Waals surface area contributed by atoms with Crippen LogP contribution in [0.5, 0.6) is 0 Å². The second-order valence-electron chi connectivity index (χ2n) is 5.79. The Morgan fingerprint density at radius 1 is 1.11 bits per heavy atom. The van der Waals surface area contributed by atoms with Gasteiger partial charge in [0.2, 0.25) is 0 Å². The van der Waals surface area contributed by atoms with E-state index in [-0.39, 0.29) is 5.54 Å². The quantitative estimate of drug-likeness (QED) is 0.864. The molecule has 0 radical (unpaired) electrons. The van der Waals surface area contributed by atoms with Gasteiger partial charge in [-0.1, -0.05) is 42.7 Å². The van der Waals surface area contributed by atoms with Crippen molar-refractivity contribution < 1.29 is 0 Å². The number of aryl methyl sites for hydroxylation is 2. The van der Waals surface area contributed by atoms with Gasteiger partial charge in [0.05, 0.1) is 11.2 Å². The van der Waals surface area contributed by atoms with Gasteiger partial charge in [-0.2, -0.15) is 0 Å². The first kappa shape index (κ1) is 12.4. The maximum absolute atomic E-state index is 6.47. The van der Waals surface area contributed by atoms with Crippen molar-refractivity contribution in [3.05, 3.63) is 41.3 Å². The van der Waals surface area contributed by atoms with Crippen LogP contribution < -0.4 is 5.73 Å². The highest BCUT2D eigenvalue weighted by Crippen LogP contribution is 2.36. The summed E-state index contributed by atoms with van der Waals surface area (Å²) >= 11 is 0. The minimum absolute atomic E-state index is 0.242. The fourth-order valence-corrected chi connectivity index (χ4v) is 2.93. The minimum atomic E-state index is -0.242. The molecule has 3 N–H and O–H groups in total. The van der Waals surface area contributed by atoms with Crippen LogP contribution in [-0.2, 0) is 5.54 Å². The van der Waals surface area contributed by atoms with E-state index in [4.69, 9.17) is 10.7 Å². The highest BCUT2D eigenvalue weighted by Gasteiger charge is 2.34. The van der Waals surface area contributed by atoms with Crippen molar-refractivity contribution in [2.24, 2.45) is 5.73 Å². The molecule has 0 atom stereocenters. The summed E-state index contributed by atoms with van der Waals surface area (Å²) in [6, 6.07) is 8.49. The number of benzene rings is 1. The van der Waals surface area contributed by atoms with E-state index >= 15 is 0 Å². The predicted molar refractivity (Wildman–Crippen MR) is 77.8 cm³/mol. The third-order valence-electron chi connectivity index (χ3n) is 4.18. The van der Waals surface area contributed by atoms with Crippen LogP contribution in [0, 0.1) is 13.8 Å². The Morgan fingerprint density at radius 3 is 2.37 bits per heavy atom. The highest BCUT2D eigenvalue weighted by molar-refractivity contribution is 5.62. The molecule has 1 aliphatic carbocycles. The standard InChI is InChI=1S/C16H21N3/c1-11-5-7-13(8-6-11)14-12(2)18-15(19-14)16(17)9-3-4-10-16/h5-8H,3-4,9-10,17H2,1-2H3,(H,18,19). The van der Waals surface area contributed by atoms with Gasteiger partial charge in [-0.05, 0) is 26.7 Å². The molecule has 0 amide bonds. The van der Waals surface area contributed by atoms with Crippen LogP contribution >= 0.6 is 0 Å². The van der Waals surface area contributed by atoms with Crippen molar-refractivity contribution >= 4 is 0 Å². The Balaban J connectivity index is 1.99. The summed E-state index contributed by atoms with van der Waals surface area (Å²) < 4.78 is 0. The number of aromatic amines is 1. The summed E-state index contributed by atoms with van der Waals surface area (Å²) in [6.45, 7) is 4.17. The van der Waals surface area contributed by atoms with Crippen LogP contribution in [0.3, 0.4) is 0 Å². The number of aromatic nitrogens is 2. The molecular weight excluding hydrogens is 234 g/mol. The first-order valence-electron chi connectivity index (χ1n) is 7.01. The van der Waals surface area contributed by atoms with Gasteiger partial charge in [-0.3, -0.25) is 0 Å². The van der Waals surface area contributed by atoms with E-state index in [1.54, 1.807) is 0 Å². The fourth-order valence-electron chi connectivity index (χ4n) is 2.93. The Hall–Kier alpha value is -1.61. The molecule has 1 aliphatic rings. The minimum Gasteiger partial charge on any atom is -0.344 e. The van der Waals surface area contributed by atoms with E-state index in [0.717, 1.165) is 35.6 Å². The Morgan fingerprint density at radius 2 is 1.74 bits per heavy atom. The van der Waals surface area contributed by atoms with Crippen LogP contribution in [0.4, 0.5) is 0 Å². The van der Waals surface area contributed by atoms with Crippen LogP contribution in [0.2, 0.25) is 0 Å². The molecule has 1 fully saturated rings. The van der Waals surface area contributed by atoms with Crippen molar-refractivity contribution in [2.45, 2.75) is 45.1 Å². The summed E-state index contributed by atoms with van der Waals surface area (Å²) in [4.78, 5) is 8.19. The third-order valence-corrected chi connectivity index (χ3v) is 4.18. The van der Waals surface area contributed by atoms with Gasteiger partial charge in [0, 0.05) is 11.3 Å². The fraction of sp³-hybridized carbons (Fsp3) is 0.438. The predicted octanol–water partition coefficient (Wildman–Crippen LogP) is 3.42. The number of hydrogen-bond acceptors (Lipinski definition) is 2. The molecular formula is C16H21N3. The first-order chi connectivity index (χ1) is 9.08. The number of nitrogens with zero attached hydrogens (tertiary/aromatic N) is 1. The van der Waals surface area contributed by atoms with E-state index in [9.17, 15) is 0 Å². The monoisotopic (exact) mass is 255 g/mol. The second kappa shape index (κ2) is 4.49. The number of hydrogen-bond donors (Lipinski definition) is 2. The van der Waals surface area contributed by atoms with E-state index < -0.39 is 0 Å². The summed E-state index contributed by atoms with van der Waals surface area (Å²) in [6.07, 6.45) is 4.48. The Labute approximate surface area is 114 Å². The first-order valence-corrected chi connectivity index (χ1v) is 7.01. The summed E-state index contributed by atoms with van der Waals surface area (Å²) in [7, 11) is 0. The van der Waals surface area contributed by atoms with Gasteiger partial charge in [-0.25, -0.2) is 4.98 Å². The number of imidazole rings is 1. The zero-order chi connectivity index (χ0) is 13.5. The van der Waals surface area contributed by atoms with Crippen molar-refractivity contribution in [1.82, 2.24) is 9.97 Å². The lowest BCUT2D eigenvalue weighted by Crippen LogP contribution is -2.34. The highest BCUT2D eigenvalue weighted by atomic mass is 15.0. The molecule has 0 unspecified atom stereocenters. The lowest BCUT2D eigenvalue weighted by molar-refractivity contribution is 0.435. The van der Waals surface area contributed by atoms with E-state index in [1.165, 1.54) is 18.4 Å². The smallest absolute Gasteiger partial charge is 0.127 e. The van der Waals surface area contributed by atoms with Gasteiger partial charge in [0.1, 0.15) is 5.82 Å². The van der Waals surface area contributed by atoms with Crippen molar-refractivity contribution in [3.8, 4) is 11.3 Å². The largest absolute Gasteiger partial charge is 0.344 e. The van der Waals surface area contributed by atoms with E-state index in [0.29, 0.717) is 0 Å². The number of H-pyrrole nitrogens is 1. The zero-order valence-corrected chi connectivity index (χ0v) is 11.7. The van der Waals surface area contributed by atoms with Crippen LogP contribution in [-0.4, -0.2) is 9.97 Å². The SMILES string of the molecule is Cc1ccc(-c2nc(C3(N)CCCC3)[nH]c2C)cc1. The molecule has 0 saturated heterocycles. The van der Waals surface area contributed by atoms with Crippen LogP contribution in [0.15, 0.2) is 24.3 Å². The lowest BCUT2D eigenvalue weighted by atomic mass is 9.98. The van der Waals surface area contributed by atoms with Crippen molar-refractivity contribution in [3.63, 3.8) is 0 Å². The molecule has 1 aromatic heterocycles. The van der Waals surface area contributed by atoms with Crippen LogP contribution in [0.25, 0.3) is 11.3 Å². The van der Waals surface area contributed by atoms with Crippen molar-refractivity contribution in [1.29, 1.82) is 0 Å². The second-order valence-corrected chi connectivity index (χ2v) is 5.79. The molecule has 0 bridgehead atoms. The van der Waals surface area contributed by atoms with Gasteiger partial charge in [0.15, 0.2) is 0 Å². The average molecular weight is 255 g/mol. The van der Waals surface area contributed by atoms with Gasteiger partial charge in [-0.15, -0.1) is 0 Å².